The van der Waals surface area contributed by atoms with Crippen molar-refractivity contribution in [1.82, 2.24) is 4.90 Å². The maximum atomic E-state index is 10.8. The largest absolute Gasteiger partial charge is 0.493 e. The molecule has 3 heteroatoms. The topological polar surface area (TPSA) is 32.7 Å². The van der Waals surface area contributed by atoms with Crippen molar-refractivity contribution in [2.45, 2.75) is 44.8 Å². The van der Waals surface area contributed by atoms with Gasteiger partial charge in [0.05, 0.1) is 12.7 Å². The number of aliphatic hydroxyl groups is 1. The Morgan fingerprint density at radius 3 is 2.74 bits per heavy atom. The number of hydrogen-bond acceptors (Lipinski definition) is 3. The van der Waals surface area contributed by atoms with Gasteiger partial charge in [0.25, 0.3) is 0 Å². The number of hydrogen-bond donors (Lipinski definition) is 1. The molecule has 1 aromatic rings. The predicted molar refractivity (Wildman–Crippen MR) is 75.5 cm³/mol. The first-order valence-corrected chi connectivity index (χ1v) is 7.28. The Kier molecular flexibility index (Phi) is 3.27. The molecule has 104 valence electrons. The molecule has 1 fully saturated rings. The van der Waals surface area contributed by atoms with Crippen LogP contribution < -0.4 is 4.74 Å². The molecular formula is C16H23NO2. The highest BCUT2D eigenvalue weighted by Crippen LogP contribution is 2.36. The van der Waals surface area contributed by atoms with Crippen LogP contribution in [0, 0.1) is 0 Å². The second kappa shape index (κ2) is 4.80. The fourth-order valence-electron chi connectivity index (χ4n) is 3.25. The van der Waals surface area contributed by atoms with Crippen molar-refractivity contribution < 1.29 is 9.84 Å². The van der Waals surface area contributed by atoms with Crippen molar-refractivity contribution in [3.63, 3.8) is 0 Å². The van der Waals surface area contributed by atoms with E-state index in [0.29, 0.717) is 0 Å². The van der Waals surface area contributed by atoms with Crippen LogP contribution in [-0.2, 0) is 6.42 Å². The number of aliphatic hydroxyl groups excluding tert-OH is 1. The molecular weight excluding hydrogens is 238 g/mol. The Hall–Kier alpha value is -1.06. The minimum absolute atomic E-state index is 0.204. The maximum Gasteiger partial charge on any atom is 0.122 e. The van der Waals surface area contributed by atoms with E-state index in [4.69, 9.17) is 4.74 Å². The van der Waals surface area contributed by atoms with Crippen LogP contribution in [0.25, 0.3) is 0 Å². The predicted octanol–water partition coefficient (Wildman–Crippen LogP) is 2.53. The van der Waals surface area contributed by atoms with Crippen molar-refractivity contribution in [3.8, 4) is 5.75 Å². The van der Waals surface area contributed by atoms with E-state index in [0.717, 1.165) is 37.4 Å². The summed E-state index contributed by atoms with van der Waals surface area (Å²) >= 11 is 0. The van der Waals surface area contributed by atoms with Gasteiger partial charge in [-0.15, -0.1) is 0 Å². The van der Waals surface area contributed by atoms with Crippen LogP contribution in [0.1, 0.15) is 43.9 Å². The van der Waals surface area contributed by atoms with Crippen molar-refractivity contribution in [2.75, 3.05) is 19.7 Å². The molecule has 2 heterocycles. The first-order chi connectivity index (χ1) is 9.09. The highest BCUT2D eigenvalue weighted by atomic mass is 16.5. The van der Waals surface area contributed by atoms with E-state index >= 15 is 0 Å². The molecule has 0 aromatic heterocycles. The Labute approximate surface area is 115 Å². The lowest BCUT2D eigenvalue weighted by Crippen LogP contribution is -2.46. The molecule has 1 saturated heterocycles. The highest BCUT2D eigenvalue weighted by molar-refractivity contribution is 5.41. The minimum Gasteiger partial charge on any atom is -0.493 e. The van der Waals surface area contributed by atoms with Gasteiger partial charge in [0, 0.05) is 12.0 Å². The molecule has 0 amide bonds. The van der Waals surface area contributed by atoms with Gasteiger partial charge in [-0.1, -0.05) is 6.07 Å². The fraction of sp³-hybridized carbons (Fsp3) is 0.625. The Morgan fingerprint density at radius 2 is 2.00 bits per heavy atom. The van der Waals surface area contributed by atoms with Gasteiger partial charge in [0.1, 0.15) is 5.75 Å². The maximum absolute atomic E-state index is 10.8. The van der Waals surface area contributed by atoms with Crippen molar-refractivity contribution >= 4 is 0 Å². The van der Waals surface area contributed by atoms with Gasteiger partial charge in [-0.3, -0.25) is 4.90 Å². The van der Waals surface area contributed by atoms with Gasteiger partial charge in [0.15, 0.2) is 0 Å². The summed E-state index contributed by atoms with van der Waals surface area (Å²) in [5.41, 5.74) is 2.04. The third-order valence-electron chi connectivity index (χ3n) is 4.62. The molecule has 0 aliphatic carbocycles. The molecule has 0 spiro atoms. The second-order valence-electron chi connectivity index (χ2n) is 6.22. The Bertz CT molecular complexity index is 464. The van der Waals surface area contributed by atoms with Crippen molar-refractivity contribution in [2.24, 2.45) is 0 Å². The quantitative estimate of drug-likeness (QED) is 0.907. The van der Waals surface area contributed by atoms with Crippen LogP contribution in [-0.4, -0.2) is 35.2 Å². The lowest BCUT2D eigenvalue weighted by atomic mass is 9.89. The summed E-state index contributed by atoms with van der Waals surface area (Å²) in [6, 6.07) is 6.12. The standard InChI is InChI=1S/C16H23NO2/c1-16(2,17-8-3-4-9-17)15(18)13-5-6-14-12(11-13)7-10-19-14/h5-6,11,15,18H,3-4,7-10H2,1-2H3. The normalized spacial score (nSPS) is 21.2. The van der Waals surface area contributed by atoms with E-state index in [9.17, 15) is 5.11 Å². The first-order valence-electron chi connectivity index (χ1n) is 7.28. The zero-order valence-electron chi connectivity index (χ0n) is 11.9. The summed E-state index contributed by atoms with van der Waals surface area (Å²) < 4.78 is 5.53. The van der Waals surface area contributed by atoms with Crippen LogP contribution in [0.15, 0.2) is 18.2 Å². The first kappa shape index (κ1) is 12.9. The van der Waals surface area contributed by atoms with Crippen LogP contribution in [0.4, 0.5) is 0 Å². The van der Waals surface area contributed by atoms with Crippen LogP contribution in [0.5, 0.6) is 5.75 Å². The van der Waals surface area contributed by atoms with Crippen LogP contribution >= 0.6 is 0 Å². The number of benzene rings is 1. The number of rotatable bonds is 3. The van der Waals surface area contributed by atoms with E-state index in [1.165, 1.54) is 18.4 Å². The second-order valence-corrected chi connectivity index (χ2v) is 6.22. The van der Waals surface area contributed by atoms with E-state index in [2.05, 4.69) is 24.8 Å². The van der Waals surface area contributed by atoms with Crippen molar-refractivity contribution in [1.29, 1.82) is 0 Å². The average molecular weight is 261 g/mol. The minimum atomic E-state index is -0.448. The van der Waals surface area contributed by atoms with Gasteiger partial charge < -0.3 is 9.84 Å². The summed E-state index contributed by atoms with van der Waals surface area (Å²) in [6.07, 6.45) is 3.00. The molecule has 3 rings (SSSR count). The summed E-state index contributed by atoms with van der Waals surface area (Å²) in [6.45, 7) is 7.25. The summed E-state index contributed by atoms with van der Waals surface area (Å²) in [4.78, 5) is 2.40. The molecule has 1 N–H and O–H groups in total. The zero-order valence-corrected chi connectivity index (χ0v) is 11.9. The molecule has 2 aliphatic heterocycles. The lowest BCUT2D eigenvalue weighted by molar-refractivity contribution is 0.00129. The highest BCUT2D eigenvalue weighted by Gasteiger charge is 2.36. The lowest BCUT2D eigenvalue weighted by Gasteiger charge is -2.39. The molecule has 0 saturated carbocycles. The van der Waals surface area contributed by atoms with E-state index in [1.54, 1.807) is 0 Å². The molecule has 19 heavy (non-hydrogen) atoms. The molecule has 1 unspecified atom stereocenters. The SMILES string of the molecule is CC(C)(C(O)c1ccc2c(c1)CCO2)N1CCCC1. The van der Waals surface area contributed by atoms with Gasteiger partial charge in [0.2, 0.25) is 0 Å². The summed E-state index contributed by atoms with van der Waals surface area (Å²) in [5, 5.41) is 10.8. The molecule has 1 atom stereocenters. The zero-order chi connectivity index (χ0) is 13.5. The number of fused-ring (bicyclic) bond motifs is 1. The Balaban J connectivity index is 1.84. The molecule has 1 aromatic carbocycles. The number of ether oxygens (including phenoxy) is 1. The summed E-state index contributed by atoms with van der Waals surface area (Å²) in [5.74, 6) is 0.981. The third kappa shape index (κ3) is 2.26. The van der Waals surface area contributed by atoms with Gasteiger partial charge in [-0.2, -0.15) is 0 Å². The third-order valence-corrected chi connectivity index (χ3v) is 4.62. The smallest absolute Gasteiger partial charge is 0.122 e. The number of likely N-dealkylation sites (tertiary alicyclic amines) is 1. The van der Waals surface area contributed by atoms with Crippen LogP contribution in [0.2, 0.25) is 0 Å². The van der Waals surface area contributed by atoms with Gasteiger partial charge in [-0.05, 0) is 63.0 Å². The molecule has 3 nitrogen and oxygen atoms in total. The van der Waals surface area contributed by atoms with E-state index in [-0.39, 0.29) is 5.54 Å². The van der Waals surface area contributed by atoms with Crippen molar-refractivity contribution in [3.05, 3.63) is 29.3 Å². The number of nitrogens with zero attached hydrogens (tertiary/aromatic N) is 1. The Morgan fingerprint density at radius 1 is 1.26 bits per heavy atom. The van der Waals surface area contributed by atoms with Crippen LogP contribution in [0.3, 0.4) is 0 Å². The molecule has 0 bridgehead atoms. The fourth-order valence-corrected chi connectivity index (χ4v) is 3.25. The average Bonchev–Trinajstić information content (AvgIpc) is 3.07. The van der Waals surface area contributed by atoms with Gasteiger partial charge >= 0.3 is 0 Å². The monoisotopic (exact) mass is 261 g/mol. The summed E-state index contributed by atoms with van der Waals surface area (Å²) in [7, 11) is 0. The van der Waals surface area contributed by atoms with E-state index in [1.807, 2.05) is 12.1 Å². The van der Waals surface area contributed by atoms with E-state index < -0.39 is 6.10 Å². The molecule has 2 aliphatic rings. The van der Waals surface area contributed by atoms with Gasteiger partial charge in [-0.25, -0.2) is 0 Å². The molecule has 0 radical (unpaired) electrons.